The van der Waals surface area contributed by atoms with Gasteiger partial charge < -0.3 is 0 Å². The first-order chi connectivity index (χ1) is 11.7. The van der Waals surface area contributed by atoms with Crippen LogP contribution in [-0.2, 0) is 9.84 Å². The number of hydrogen-bond acceptors (Lipinski definition) is 2. The van der Waals surface area contributed by atoms with Crippen LogP contribution in [0.4, 0.5) is 13.2 Å². The van der Waals surface area contributed by atoms with Crippen molar-refractivity contribution in [3.05, 3.63) is 76.6 Å². The molecular formula is C19H15F3O2S. The first kappa shape index (κ1) is 17.5. The summed E-state index contributed by atoms with van der Waals surface area (Å²) in [6, 6.07) is 6.25. The maximum atomic E-state index is 14.5. The molecule has 0 amide bonds. The molecule has 1 aliphatic rings. The molecule has 0 N–H and O–H groups in total. The van der Waals surface area contributed by atoms with Crippen LogP contribution in [0.25, 0.3) is 11.1 Å². The van der Waals surface area contributed by atoms with Crippen LogP contribution < -0.4 is 0 Å². The van der Waals surface area contributed by atoms with Gasteiger partial charge >= 0.3 is 0 Å². The van der Waals surface area contributed by atoms with Gasteiger partial charge in [-0.2, -0.15) is 0 Å². The molecule has 25 heavy (non-hydrogen) atoms. The molecule has 6 heteroatoms. The molecule has 2 aromatic carbocycles. The fourth-order valence-corrected chi connectivity index (χ4v) is 3.57. The van der Waals surface area contributed by atoms with Crippen LogP contribution in [0, 0.1) is 24.4 Å². The second-order valence-corrected chi connectivity index (χ2v) is 7.98. The van der Waals surface area contributed by atoms with Gasteiger partial charge in [-0.1, -0.05) is 24.3 Å². The summed E-state index contributed by atoms with van der Waals surface area (Å²) in [6.07, 6.45) is 4.66. The average Bonchev–Trinajstić information content (AvgIpc) is 3.00. The van der Waals surface area contributed by atoms with E-state index >= 15 is 0 Å². The van der Waals surface area contributed by atoms with E-state index in [-0.39, 0.29) is 11.4 Å². The summed E-state index contributed by atoms with van der Waals surface area (Å²) in [4.78, 5) is -0.678. The minimum absolute atomic E-state index is 0.0223. The maximum absolute atomic E-state index is 14.5. The number of allylic oxidation sites excluding steroid dienone is 4. The molecule has 0 spiro atoms. The Balaban J connectivity index is 2.18. The number of rotatable bonds is 3. The van der Waals surface area contributed by atoms with Crippen LogP contribution in [0.15, 0.2) is 47.4 Å². The molecular weight excluding hydrogens is 349 g/mol. The highest BCUT2D eigenvalue weighted by Gasteiger charge is 2.22. The summed E-state index contributed by atoms with van der Waals surface area (Å²) in [5.41, 5.74) is 2.09. The summed E-state index contributed by atoms with van der Waals surface area (Å²) in [5.74, 6) is -2.22. The fourth-order valence-electron chi connectivity index (χ4n) is 2.84. The van der Waals surface area contributed by atoms with Crippen molar-refractivity contribution in [3.8, 4) is 0 Å². The average molecular weight is 364 g/mol. The number of aryl methyl sites for hydroxylation is 1. The van der Waals surface area contributed by atoms with Gasteiger partial charge in [0.2, 0.25) is 0 Å². The van der Waals surface area contributed by atoms with E-state index in [4.69, 9.17) is 0 Å². The summed E-state index contributed by atoms with van der Waals surface area (Å²) in [5, 5.41) is 0. The van der Waals surface area contributed by atoms with Gasteiger partial charge in [-0.25, -0.2) is 21.6 Å². The van der Waals surface area contributed by atoms with Gasteiger partial charge in [-0.05, 0) is 53.8 Å². The van der Waals surface area contributed by atoms with Crippen molar-refractivity contribution in [3.63, 3.8) is 0 Å². The Bertz CT molecular complexity index is 1030. The molecule has 0 saturated heterocycles. The van der Waals surface area contributed by atoms with Gasteiger partial charge in [0.1, 0.15) is 22.3 Å². The minimum Gasteiger partial charge on any atom is -0.224 e. The van der Waals surface area contributed by atoms with E-state index in [1.54, 1.807) is 31.2 Å². The first-order valence-corrected chi connectivity index (χ1v) is 9.43. The van der Waals surface area contributed by atoms with Crippen LogP contribution in [-0.4, -0.2) is 14.7 Å². The molecule has 0 aromatic heterocycles. The third-order valence-electron chi connectivity index (χ3n) is 4.16. The van der Waals surface area contributed by atoms with Gasteiger partial charge in [-0.15, -0.1) is 0 Å². The molecule has 0 saturated carbocycles. The molecule has 2 nitrogen and oxygen atoms in total. The van der Waals surface area contributed by atoms with Crippen LogP contribution in [0.5, 0.6) is 0 Å². The molecule has 0 heterocycles. The van der Waals surface area contributed by atoms with E-state index in [0.717, 1.165) is 12.3 Å². The molecule has 2 aromatic rings. The molecule has 0 fully saturated rings. The van der Waals surface area contributed by atoms with Gasteiger partial charge in [0.15, 0.2) is 9.84 Å². The predicted molar refractivity (Wildman–Crippen MR) is 91.2 cm³/mol. The van der Waals surface area contributed by atoms with E-state index in [9.17, 15) is 21.6 Å². The van der Waals surface area contributed by atoms with Crippen molar-refractivity contribution in [2.75, 3.05) is 6.26 Å². The van der Waals surface area contributed by atoms with Crippen molar-refractivity contribution < 1.29 is 21.6 Å². The molecule has 1 aliphatic carbocycles. The predicted octanol–water partition coefficient (Wildman–Crippen LogP) is 4.69. The van der Waals surface area contributed by atoms with E-state index in [1.807, 2.05) is 0 Å². The summed E-state index contributed by atoms with van der Waals surface area (Å²) < 4.78 is 65.5. The van der Waals surface area contributed by atoms with Crippen molar-refractivity contribution in [2.45, 2.75) is 18.2 Å². The van der Waals surface area contributed by atoms with Gasteiger partial charge in [-0.3, -0.25) is 0 Å². The Morgan fingerprint density at radius 3 is 2.32 bits per heavy atom. The standard InChI is InChI=1S/C19H15F3O2S/c1-11-6-7-12(8-16(11)20)13-4-3-5-14(13)15-9-18(22)19(10-17(15)21)25(2,23)24/h3-4,6-10H,5H2,1-2H3. The van der Waals surface area contributed by atoms with Gasteiger partial charge in [0.05, 0.1) is 0 Å². The van der Waals surface area contributed by atoms with Crippen LogP contribution in [0.2, 0.25) is 0 Å². The zero-order chi connectivity index (χ0) is 18.4. The summed E-state index contributed by atoms with van der Waals surface area (Å²) in [6.45, 7) is 1.64. The highest BCUT2D eigenvalue weighted by atomic mass is 32.2. The Hall–Kier alpha value is -2.34. The molecule has 0 aliphatic heterocycles. The summed E-state index contributed by atoms with van der Waals surface area (Å²) >= 11 is 0. The van der Waals surface area contributed by atoms with Crippen LogP contribution in [0.3, 0.4) is 0 Å². The van der Waals surface area contributed by atoms with E-state index in [1.165, 1.54) is 6.07 Å². The third-order valence-corrected chi connectivity index (χ3v) is 5.27. The number of sulfone groups is 1. The monoisotopic (exact) mass is 364 g/mol. The molecule has 0 bridgehead atoms. The van der Waals surface area contributed by atoms with Crippen molar-refractivity contribution in [1.82, 2.24) is 0 Å². The van der Waals surface area contributed by atoms with Crippen LogP contribution in [0.1, 0.15) is 23.1 Å². The minimum atomic E-state index is -3.87. The van der Waals surface area contributed by atoms with E-state index in [0.29, 0.717) is 34.8 Å². The smallest absolute Gasteiger partial charge is 0.178 e. The number of benzene rings is 2. The lowest BCUT2D eigenvalue weighted by Crippen LogP contribution is -2.04. The molecule has 130 valence electrons. The Labute approximate surface area is 144 Å². The largest absolute Gasteiger partial charge is 0.224 e. The van der Waals surface area contributed by atoms with Crippen molar-refractivity contribution in [1.29, 1.82) is 0 Å². The lowest BCUT2D eigenvalue weighted by molar-refractivity contribution is 0.554. The molecule has 0 unspecified atom stereocenters. The second kappa shape index (κ2) is 6.19. The zero-order valence-corrected chi connectivity index (χ0v) is 14.4. The van der Waals surface area contributed by atoms with E-state index < -0.39 is 26.4 Å². The Morgan fingerprint density at radius 1 is 0.960 bits per heavy atom. The molecule has 0 radical (unpaired) electrons. The Morgan fingerprint density at radius 2 is 1.68 bits per heavy atom. The van der Waals surface area contributed by atoms with Gasteiger partial charge in [0.25, 0.3) is 0 Å². The zero-order valence-electron chi connectivity index (χ0n) is 13.6. The maximum Gasteiger partial charge on any atom is 0.178 e. The van der Waals surface area contributed by atoms with Crippen LogP contribution >= 0.6 is 0 Å². The van der Waals surface area contributed by atoms with E-state index in [2.05, 4.69) is 0 Å². The first-order valence-electron chi connectivity index (χ1n) is 7.54. The second-order valence-electron chi connectivity index (χ2n) is 6.00. The lowest BCUT2D eigenvalue weighted by Gasteiger charge is -2.12. The molecule has 3 rings (SSSR count). The number of halogens is 3. The fraction of sp³-hybridized carbons (Fsp3) is 0.158. The Kier molecular flexibility index (Phi) is 4.33. The highest BCUT2D eigenvalue weighted by molar-refractivity contribution is 7.90. The summed E-state index contributed by atoms with van der Waals surface area (Å²) in [7, 11) is -3.87. The normalized spacial score (nSPS) is 14.4. The SMILES string of the molecule is Cc1ccc(C2=C(c3cc(F)c(S(C)(=O)=O)cc3F)CC=C2)cc1F. The third kappa shape index (κ3) is 3.26. The quantitative estimate of drug-likeness (QED) is 0.792. The topological polar surface area (TPSA) is 34.1 Å². The van der Waals surface area contributed by atoms with Gasteiger partial charge in [0, 0.05) is 11.8 Å². The highest BCUT2D eigenvalue weighted by Crippen LogP contribution is 2.37. The van der Waals surface area contributed by atoms with Crippen molar-refractivity contribution >= 4 is 21.0 Å². The lowest BCUT2D eigenvalue weighted by atomic mass is 9.95. The molecule has 0 atom stereocenters. The van der Waals surface area contributed by atoms with Crippen molar-refractivity contribution in [2.24, 2.45) is 0 Å². The number of hydrogen-bond donors (Lipinski definition) is 0.